The topological polar surface area (TPSA) is 41.1 Å². The highest BCUT2D eigenvalue weighted by molar-refractivity contribution is 5.81. The van der Waals surface area contributed by atoms with Crippen LogP contribution in [0.4, 0.5) is 4.39 Å². The van der Waals surface area contributed by atoms with Crippen molar-refractivity contribution in [1.29, 1.82) is 0 Å². The van der Waals surface area contributed by atoms with E-state index >= 15 is 0 Å². The molecule has 19 heavy (non-hydrogen) atoms. The SMILES string of the molecule is CCCNC(=O)C(C)NC(CC)c1cccc(F)c1. The summed E-state index contributed by atoms with van der Waals surface area (Å²) in [5, 5.41) is 6.09. The fourth-order valence-electron chi connectivity index (χ4n) is 1.95. The lowest BCUT2D eigenvalue weighted by Crippen LogP contribution is -2.43. The Bertz CT molecular complexity index is 409. The number of benzene rings is 1. The first-order valence-electron chi connectivity index (χ1n) is 6.87. The number of hydrogen-bond acceptors (Lipinski definition) is 2. The molecule has 0 aliphatic heterocycles. The molecule has 0 saturated carbocycles. The monoisotopic (exact) mass is 266 g/mol. The van der Waals surface area contributed by atoms with Crippen LogP contribution in [0, 0.1) is 5.82 Å². The number of carbonyl (C=O) groups excluding carboxylic acids is 1. The minimum atomic E-state index is -0.292. The predicted molar refractivity (Wildman–Crippen MR) is 75.3 cm³/mol. The molecule has 0 aliphatic carbocycles. The van der Waals surface area contributed by atoms with Crippen molar-refractivity contribution in [3.63, 3.8) is 0 Å². The largest absolute Gasteiger partial charge is 0.355 e. The number of hydrogen-bond donors (Lipinski definition) is 2. The van der Waals surface area contributed by atoms with Gasteiger partial charge in [0.2, 0.25) is 5.91 Å². The van der Waals surface area contributed by atoms with Gasteiger partial charge in [-0.2, -0.15) is 0 Å². The molecule has 0 radical (unpaired) electrons. The van der Waals surface area contributed by atoms with Crippen molar-refractivity contribution in [2.24, 2.45) is 0 Å². The molecule has 1 aromatic carbocycles. The van der Waals surface area contributed by atoms with Gasteiger partial charge in [-0.15, -0.1) is 0 Å². The highest BCUT2D eigenvalue weighted by Crippen LogP contribution is 2.18. The fraction of sp³-hybridized carbons (Fsp3) is 0.533. The molecule has 3 nitrogen and oxygen atoms in total. The fourth-order valence-corrected chi connectivity index (χ4v) is 1.95. The van der Waals surface area contributed by atoms with Crippen LogP contribution in [0.25, 0.3) is 0 Å². The standard InChI is InChI=1S/C15H23FN2O/c1-4-9-17-15(19)11(3)18-14(5-2)12-7-6-8-13(16)10-12/h6-8,10-11,14,18H,4-5,9H2,1-3H3,(H,17,19). The van der Waals surface area contributed by atoms with Gasteiger partial charge in [-0.25, -0.2) is 4.39 Å². The molecule has 0 fully saturated rings. The molecule has 0 spiro atoms. The molecule has 0 saturated heterocycles. The Kier molecular flexibility index (Phi) is 6.50. The molecule has 1 amide bonds. The average molecular weight is 266 g/mol. The Morgan fingerprint density at radius 1 is 1.37 bits per heavy atom. The van der Waals surface area contributed by atoms with Crippen LogP contribution in [0.1, 0.15) is 45.2 Å². The Hall–Kier alpha value is -1.42. The third kappa shape index (κ3) is 4.99. The van der Waals surface area contributed by atoms with Crippen LogP contribution in [0.2, 0.25) is 0 Å². The van der Waals surface area contributed by atoms with Crippen molar-refractivity contribution >= 4 is 5.91 Å². The van der Waals surface area contributed by atoms with Gasteiger partial charge in [-0.05, 0) is 37.5 Å². The Balaban J connectivity index is 2.64. The maximum absolute atomic E-state index is 13.2. The molecule has 1 aromatic rings. The smallest absolute Gasteiger partial charge is 0.236 e. The van der Waals surface area contributed by atoms with Crippen LogP contribution >= 0.6 is 0 Å². The first-order chi connectivity index (χ1) is 9.08. The molecule has 0 heterocycles. The number of amides is 1. The second-order valence-corrected chi connectivity index (χ2v) is 4.70. The summed E-state index contributed by atoms with van der Waals surface area (Å²) < 4.78 is 13.2. The van der Waals surface area contributed by atoms with Crippen LogP contribution in [0.15, 0.2) is 24.3 Å². The van der Waals surface area contributed by atoms with Crippen LogP contribution in [-0.2, 0) is 4.79 Å². The summed E-state index contributed by atoms with van der Waals surface area (Å²) in [4.78, 5) is 11.8. The van der Waals surface area contributed by atoms with Gasteiger partial charge in [0.25, 0.3) is 0 Å². The highest BCUT2D eigenvalue weighted by Gasteiger charge is 2.17. The number of halogens is 1. The Morgan fingerprint density at radius 3 is 2.68 bits per heavy atom. The molecule has 4 heteroatoms. The van der Waals surface area contributed by atoms with Crippen molar-refractivity contribution in [3.05, 3.63) is 35.6 Å². The predicted octanol–water partition coefficient (Wildman–Crippen LogP) is 2.78. The van der Waals surface area contributed by atoms with E-state index in [2.05, 4.69) is 10.6 Å². The van der Waals surface area contributed by atoms with E-state index in [1.54, 1.807) is 6.07 Å². The highest BCUT2D eigenvalue weighted by atomic mass is 19.1. The first-order valence-corrected chi connectivity index (χ1v) is 6.87. The summed E-state index contributed by atoms with van der Waals surface area (Å²) in [6, 6.07) is 6.20. The summed E-state index contributed by atoms with van der Waals surface area (Å²) >= 11 is 0. The van der Waals surface area contributed by atoms with Crippen molar-refractivity contribution < 1.29 is 9.18 Å². The van der Waals surface area contributed by atoms with E-state index in [4.69, 9.17) is 0 Å². The second-order valence-electron chi connectivity index (χ2n) is 4.70. The number of carbonyl (C=O) groups is 1. The van der Waals surface area contributed by atoms with Crippen LogP contribution < -0.4 is 10.6 Å². The normalized spacial score (nSPS) is 13.9. The molecule has 2 N–H and O–H groups in total. The van der Waals surface area contributed by atoms with E-state index in [1.165, 1.54) is 12.1 Å². The van der Waals surface area contributed by atoms with E-state index in [0.29, 0.717) is 6.54 Å². The summed E-state index contributed by atoms with van der Waals surface area (Å²) in [7, 11) is 0. The summed E-state index contributed by atoms with van der Waals surface area (Å²) in [6.07, 6.45) is 1.72. The molecule has 2 unspecified atom stereocenters. The van der Waals surface area contributed by atoms with Gasteiger partial charge in [0.15, 0.2) is 0 Å². The first kappa shape index (κ1) is 15.6. The van der Waals surface area contributed by atoms with Crippen molar-refractivity contribution in [2.75, 3.05) is 6.54 Å². The third-order valence-corrected chi connectivity index (χ3v) is 3.05. The number of rotatable bonds is 7. The van der Waals surface area contributed by atoms with Crippen LogP contribution in [0.3, 0.4) is 0 Å². The third-order valence-electron chi connectivity index (χ3n) is 3.05. The quantitative estimate of drug-likeness (QED) is 0.796. The minimum absolute atomic E-state index is 0.0157. The van der Waals surface area contributed by atoms with Gasteiger partial charge < -0.3 is 5.32 Å². The molecule has 0 aromatic heterocycles. The molecule has 106 valence electrons. The van der Waals surface area contributed by atoms with Gasteiger partial charge in [0.05, 0.1) is 6.04 Å². The van der Waals surface area contributed by atoms with Gasteiger partial charge in [-0.1, -0.05) is 26.0 Å². The van der Waals surface area contributed by atoms with E-state index in [9.17, 15) is 9.18 Å². The molecular formula is C15H23FN2O. The lowest BCUT2D eigenvalue weighted by atomic mass is 10.0. The Morgan fingerprint density at radius 2 is 2.11 bits per heavy atom. The van der Waals surface area contributed by atoms with E-state index in [1.807, 2.05) is 26.8 Å². The molecule has 1 rings (SSSR count). The minimum Gasteiger partial charge on any atom is -0.355 e. The lowest BCUT2D eigenvalue weighted by Gasteiger charge is -2.22. The van der Waals surface area contributed by atoms with Gasteiger partial charge in [0.1, 0.15) is 5.82 Å². The van der Waals surface area contributed by atoms with Crippen molar-refractivity contribution in [2.45, 2.75) is 45.7 Å². The van der Waals surface area contributed by atoms with Crippen LogP contribution in [0.5, 0.6) is 0 Å². The van der Waals surface area contributed by atoms with Gasteiger partial charge in [-0.3, -0.25) is 10.1 Å². The average Bonchev–Trinajstić information content (AvgIpc) is 2.41. The van der Waals surface area contributed by atoms with Crippen molar-refractivity contribution in [1.82, 2.24) is 10.6 Å². The van der Waals surface area contributed by atoms with E-state index < -0.39 is 0 Å². The zero-order valence-electron chi connectivity index (χ0n) is 11.9. The van der Waals surface area contributed by atoms with Gasteiger partial charge in [0, 0.05) is 12.6 Å². The van der Waals surface area contributed by atoms with E-state index in [-0.39, 0.29) is 23.8 Å². The van der Waals surface area contributed by atoms with E-state index in [0.717, 1.165) is 18.4 Å². The Labute approximate surface area is 114 Å². The maximum atomic E-state index is 13.2. The zero-order chi connectivity index (χ0) is 14.3. The molecular weight excluding hydrogens is 243 g/mol. The molecule has 0 aliphatic rings. The zero-order valence-corrected chi connectivity index (χ0v) is 11.9. The van der Waals surface area contributed by atoms with Crippen LogP contribution in [-0.4, -0.2) is 18.5 Å². The maximum Gasteiger partial charge on any atom is 0.236 e. The summed E-state index contributed by atoms with van der Waals surface area (Å²) in [5.41, 5.74) is 0.873. The van der Waals surface area contributed by atoms with Crippen molar-refractivity contribution in [3.8, 4) is 0 Å². The number of nitrogens with one attached hydrogen (secondary N) is 2. The summed E-state index contributed by atoms with van der Waals surface area (Å²) in [5.74, 6) is -0.266. The molecule has 2 atom stereocenters. The lowest BCUT2D eigenvalue weighted by molar-refractivity contribution is -0.122. The molecule has 0 bridgehead atoms. The summed E-state index contributed by atoms with van der Waals surface area (Å²) in [6.45, 7) is 6.54. The van der Waals surface area contributed by atoms with Gasteiger partial charge >= 0.3 is 0 Å². The second kappa shape index (κ2) is 7.89.